The molecule has 3 atom stereocenters. The maximum atomic E-state index is 12.9. The lowest BCUT2D eigenvalue weighted by atomic mass is 9.95. The zero-order valence-corrected chi connectivity index (χ0v) is 16.2. The molecular formula is C14H27O9P. The number of methoxy groups -OCH3 is 1. The zero-order valence-electron chi connectivity index (χ0n) is 15.4. The van der Waals surface area contributed by atoms with Gasteiger partial charge in [-0.3, -0.25) is 9.32 Å². The monoisotopic (exact) mass is 370 g/mol. The van der Waals surface area contributed by atoms with Gasteiger partial charge in [0.05, 0.1) is 12.7 Å². The van der Waals surface area contributed by atoms with E-state index in [1.165, 1.54) is 20.8 Å². The quantitative estimate of drug-likeness (QED) is 0.342. The lowest BCUT2D eigenvalue weighted by molar-refractivity contribution is -0.164. The smallest absolute Gasteiger partial charge is 0.438 e. The van der Waals surface area contributed by atoms with E-state index in [1.54, 1.807) is 13.8 Å². The Morgan fingerprint density at radius 1 is 0.958 bits per heavy atom. The predicted octanol–water partition coefficient (Wildman–Crippen LogP) is 3.62. The molecule has 24 heavy (non-hydrogen) atoms. The lowest BCUT2D eigenvalue weighted by Crippen LogP contribution is -2.32. The first-order chi connectivity index (χ1) is 10.8. The van der Waals surface area contributed by atoms with Gasteiger partial charge in [0.15, 0.2) is 0 Å². The molecule has 142 valence electrons. The van der Waals surface area contributed by atoms with Crippen LogP contribution in [0.15, 0.2) is 0 Å². The predicted molar refractivity (Wildman–Crippen MR) is 84.0 cm³/mol. The molecule has 0 bridgehead atoms. The first-order valence-corrected chi connectivity index (χ1v) is 8.86. The molecule has 0 aromatic rings. The Kier molecular flexibility index (Phi) is 8.91. The molecule has 3 unspecified atom stereocenters. The Labute approximate surface area is 142 Å². The van der Waals surface area contributed by atoms with Crippen LogP contribution in [0.2, 0.25) is 0 Å². The van der Waals surface area contributed by atoms with Crippen molar-refractivity contribution in [2.24, 2.45) is 5.92 Å². The van der Waals surface area contributed by atoms with Gasteiger partial charge in [0.1, 0.15) is 0 Å². The first-order valence-electron chi connectivity index (χ1n) is 7.40. The van der Waals surface area contributed by atoms with Crippen molar-refractivity contribution in [3.05, 3.63) is 0 Å². The van der Waals surface area contributed by atoms with Crippen molar-refractivity contribution >= 4 is 19.9 Å². The van der Waals surface area contributed by atoms with E-state index in [0.717, 1.165) is 7.11 Å². The van der Waals surface area contributed by atoms with E-state index >= 15 is 0 Å². The SMILES string of the molecule is COC(=O)OC(C)OP(=O)(OC(C)OC(C)=O)OC(C)(C)C(C)C. The highest BCUT2D eigenvalue weighted by Crippen LogP contribution is 2.55. The molecular weight excluding hydrogens is 343 g/mol. The number of phosphoric acid groups is 1. The molecule has 0 aliphatic carbocycles. The normalized spacial score (nSPS) is 16.9. The van der Waals surface area contributed by atoms with Crippen LogP contribution < -0.4 is 0 Å². The third kappa shape index (κ3) is 8.63. The number of carbonyl (C=O) groups is 2. The fraction of sp³-hybridized carbons (Fsp3) is 0.857. The van der Waals surface area contributed by atoms with Gasteiger partial charge >= 0.3 is 19.9 Å². The van der Waals surface area contributed by atoms with Gasteiger partial charge in [0, 0.05) is 6.92 Å². The minimum atomic E-state index is -4.24. The van der Waals surface area contributed by atoms with Crippen LogP contribution in [0.3, 0.4) is 0 Å². The molecule has 0 aromatic carbocycles. The van der Waals surface area contributed by atoms with Crippen LogP contribution in [0, 0.1) is 5.92 Å². The van der Waals surface area contributed by atoms with Gasteiger partial charge in [-0.05, 0) is 33.6 Å². The molecule has 0 N–H and O–H groups in total. The highest BCUT2D eigenvalue weighted by molar-refractivity contribution is 7.48. The van der Waals surface area contributed by atoms with Gasteiger partial charge in [0.2, 0.25) is 12.6 Å². The Morgan fingerprint density at radius 3 is 1.79 bits per heavy atom. The zero-order chi connectivity index (χ0) is 19.1. The maximum Gasteiger partial charge on any atom is 0.510 e. The highest BCUT2D eigenvalue weighted by Gasteiger charge is 2.41. The van der Waals surface area contributed by atoms with Crippen LogP contribution in [0.5, 0.6) is 0 Å². The minimum Gasteiger partial charge on any atom is -0.438 e. The number of rotatable bonds is 9. The van der Waals surface area contributed by atoms with Crippen molar-refractivity contribution in [1.82, 2.24) is 0 Å². The van der Waals surface area contributed by atoms with E-state index in [-0.39, 0.29) is 5.92 Å². The standard InChI is InChI=1S/C14H27O9P/c1-9(2)14(6,7)23-24(17,21-11(4)19-10(3)15)22-12(5)20-13(16)18-8/h9,11-12H,1-8H3. The number of esters is 1. The number of hydrogen-bond acceptors (Lipinski definition) is 9. The lowest BCUT2D eigenvalue weighted by Gasteiger charge is -2.34. The molecule has 0 radical (unpaired) electrons. The summed E-state index contributed by atoms with van der Waals surface area (Å²) in [5.74, 6) is -0.671. The molecule has 0 saturated carbocycles. The Bertz CT molecular complexity index is 475. The maximum absolute atomic E-state index is 12.9. The fourth-order valence-electron chi connectivity index (χ4n) is 1.29. The number of carbonyl (C=O) groups excluding carboxylic acids is 2. The molecule has 0 rings (SSSR count). The second-order valence-electron chi connectivity index (χ2n) is 5.82. The Balaban J connectivity index is 5.23. The third-order valence-electron chi connectivity index (χ3n) is 3.05. The molecule has 0 aromatic heterocycles. The summed E-state index contributed by atoms with van der Waals surface area (Å²) in [4.78, 5) is 22.1. The van der Waals surface area contributed by atoms with Crippen LogP contribution >= 0.6 is 7.82 Å². The van der Waals surface area contributed by atoms with Crippen LogP contribution in [-0.2, 0) is 37.1 Å². The van der Waals surface area contributed by atoms with Crippen molar-refractivity contribution in [2.75, 3.05) is 7.11 Å². The molecule has 0 spiro atoms. The van der Waals surface area contributed by atoms with Gasteiger partial charge in [0.25, 0.3) is 0 Å². The summed E-state index contributed by atoms with van der Waals surface area (Å²) in [5, 5.41) is 0. The van der Waals surface area contributed by atoms with E-state index in [1.807, 2.05) is 13.8 Å². The molecule has 0 aliphatic rings. The summed E-state index contributed by atoms with van der Waals surface area (Å²) < 4.78 is 42.5. The molecule has 9 nitrogen and oxygen atoms in total. The van der Waals surface area contributed by atoms with Crippen LogP contribution in [-0.4, -0.2) is 37.4 Å². The molecule has 0 saturated heterocycles. The second-order valence-corrected chi connectivity index (χ2v) is 7.32. The number of ether oxygens (including phenoxy) is 3. The topological polar surface area (TPSA) is 107 Å². The Morgan fingerprint density at radius 2 is 1.42 bits per heavy atom. The van der Waals surface area contributed by atoms with Gasteiger partial charge in [-0.1, -0.05) is 13.8 Å². The highest BCUT2D eigenvalue weighted by atomic mass is 31.2. The average Bonchev–Trinajstić information content (AvgIpc) is 2.34. The number of hydrogen-bond donors (Lipinski definition) is 0. The van der Waals surface area contributed by atoms with Crippen molar-refractivity contribution < 1.29 is 41.9 Å². The first kappa shape index (κ1) is 22.9. The van der Waals surface area contributed by atoms with E-state index in [9.17, 15) is 14.2 Å². The van der Waals surface area contributed by atoms with Gasteiger partial charge in [-0.15, -0.1) is 0 Å². The summed E-state index contributed by atoms with van der Waals surface area (Å²) in [5.41, 5.74) is -0.892. The summed E-state index contributed by atoms with van der Waals surface area (Å²) in [6.07, 6.45) is -3.50. The van der Waals surface area contributed by atoms with Gasteiger partial charge in [-0.25, -0.2) is 18.4 Å². The van der Waals surface area contributed by atoms with Crippen LogP contribution in [0.4, 0.5) is 4.79 Å². The van der Waals surface area contributed by atoms with E-state index in [2.05, 4.69) is 4.74 Å². The molecule has 0 fully saturated rings. The van der Waals surface area contributed by atoms with Gasteiger partial charge in [-0.2, -0.15) is 0 Å². The van der Waals surface area contributed by atoms with Crippen LogP contribution in [0.25, 0.3) is 0 Å². The van der Waals surface area contributed by atoms with Gasteiger partial charge < -0.3 is 14.2 Å². The van der Waals surface area contributed by atoms with Crippen LogP contribution in [0.1, 0.15) is 48.5 Å². The average molecular weight is 370 g/mol. The molecule has 0 heterocycles. The van der Waals surface area contributed by atoms with Crippen molar-refractivity contribution in [1.29, 1.82) is 0 Å². The summed E-state index contributed by atoms with van der Waals surface area (Å²) in [7, 11) is -3.12. The summed E-state index contributed by atoms with van der Waals surface area (Å²) in [6, 6.07) is 0. The summed E-state index contributed by atoms with van der Waals surface area (Å²) >= 11 is 0. The third-order valence-corrected chi connectivity index (χ3v) is 4.86. The molecule has 10 heteroatoms. The van der Waals surface area contributed by atoms with E-state index in [0.29, 0.717) is 0 Å². The van der Waals surface area contributed by atoms with E-state index < -0.39 is 38.1 Å². The molecule has 0 aliphatic heterocycles. The van der Waals surface area contributed by atoms with E-state index in [4.69, 9.17) is 23.0 Å². The summed E-state index contributed by atoms with van der Waals surface area (Å²) in [6.45, 7) is 10.9. The molecule has 0 amide bonds. The second kappa shape index (κ2) is 9.36. The van der Waals surface area contributed by atoms with Crippen molar-refractivity contribution in [3.8, 4) is 0 Å². The fourth-order valence-corrected chi connectivity index (χ4v) is 3.02. The largest absolute Gasteiger partial charge is 0.510 e. The minimum absolute atomic E-state index is 0.0427. The van der Waals surface area contributed by atoms with Crippen molar-refractivity contribution in [3.63, 3.8) is 0 Å². The Hall–Kier alpha value is -1.15. The number of phosphoric ester groups is 1. The van der Waals surface area contributed by atoms with Crippen molar-refractivity contribution in [2.45, 2.75) is 66.6 Å².